The zero-order valence-corrected chi connectivity index (χ0v) is 19.6. The Kier molecular flexibility index (Phi) is 8.76. The summed E-state index contributed by atoms with van der Waals surface area (Å²) in [6, 6.07) is 8.85. The average molecular weight is 415 g/mol. The minimum atomic E-state index is 0.0264. The van der Waals surface area contributed by atoms with E-state index < -0.39 is 0 Å². The second kappa shape index (κ2) is 11.3. The van der Waals surface area contributed by atoms with Crippen molar-refractivity contribution in [3.05, 3.63) is 35.4 Å². The van der Waals surface area contributed by atoms with Gasteiger partial charge in [0, 0.05) is 51.7 Å². The molecule has 4 nitrogen and oxygen atoms in total. The number of carbonyl (C=O) groups is 1. The van der Waals surface area contributed by atoms with Gasteiger partial charge in [-0.1, -0.05) is 57.4 Å². The van der Waals surface area contributed by atoms with E-state index in [0.29, 0.717) is 25.0 Å². The fourth-order valence-electron chi connectivity index (χ4n) is 5.53. The average Bonchev–Trinajstić information content (AvgIpc) is 3.13. The first-order chi connectivity index (χ1) is 14.5. The van der Waals surface area contributed by atoms with Crippen LogP contribution in [-0.2, 0) is 9.53 Å². The lowest BCUT2D eigenvalue weighted by atomic mass is 9.86. The molecule has 2 atom stereocenters. The largest absolute Gasteiger partial charge is 0.383 e. The molecule has 1 aromatic carbocycles. The highest BCUT2D eigenvalue weighted by molar-refractivity contribution is 5.78. The van der Waals surface area contributed by atoms with Crippen molar-refractivity contribution < 1.29 is 9.53 Å². The van der Waals surface area contributed by atoms with Crippen LogP contribution in [0.15, 0.2) is 24.3 Å². The Labute approximate surface area is 184 Å². The van der Waals surface area contributed by atoms with Gasteiger partial charge in [0.05, 0.1) is 6.61 Å². The number of carbonyl (C=O) groups excluding carboxylic acids is 1. The van der Waals surface area contributed by atoms with Crippen LogP contribution in [0.1, 0.15) is 63.0 Å². The molecule has 1 saturated heterocycles. The minimum absolute atomic E-state index is 0.0264. The lowest BCUT2D eigenvalue weighted by molar-refractivity contribution is -0.135. The molecule has 0 aromatic heterocycles. The van der Waals surface area contributed by atoms with Gasteiger partial charge in [-0.2, -0.15) is 0 Å². The Morgan fingerprint density at radius 1 is 1.17 bits per heavy atom. The highest BCUT2D eigenvalue weighted by atomic mass is 16.5. The molecule has 2 aliphatic rings. The second-order valence-electron chi connectivity index (χ2n) is 9.88. The van der Waals surface area contributed by atoms with Gasteiger partial charge in [0.15, 0.2) is 0 Å². The molecular weight excluding hydrogens is 372 g/mol. The van der Waals surface area contributed by atoms with Crippen LogP contribution in [0.5, 0.6) is 0 Å². The summed E-state index contributed by atoms with van der Waals surface area (Å²) in [5, 5.41) is 0. The molecule has 0 bridgehead atoms. The summed E-state index contributed by atoms with van der Waals surface area (Å²) in [7, 11) is 1.72. The minimum Gasteiger partial charge on any atom is -0.383 e. The normalized spacial score (nSPS) is 23.2. The number of likely N-dealkylation sites (tertiary alicyclic amines) is 1. The number of ether oxygens (including phenoxy) is 1. The Balaban J connectivity index is 1.76. The fraction of sp³-hybridized carbons (Fsp3) is 0.731. The number of rotatable bonds is 9. The van der Waals surface area contributed by atoms with Crippen LogP contribution in [0, 0.1) is 24.7 Å². The van der Waals surface area contributed by atoms with E-state index in [1.807, 2.05) is 13.8 Å². The summed E-state index contributed by atoms with van der Waals surface area (Å²) in [4.78, 5) is 17.7. The van der Waals surface area contributed by atoms with Gasteiger partial charge in [-0.3, -0.25) is 4.79 Å². The maximum Gasteiger partial charge on any atom is 0.225 e. The predicted octanol–water partition coefficient (Wildman–Crippen LogP) is 4.72. The molecule has 1 amide bonds. The molecule has 3 rings (SSSR count). The molecule has 1 aliphatic heterocycles. The van der Waals surface area contributed by atoms with Crippen molar-refractivity contribution >= 4 is 5.91 Å². The van der Waals surface area contributed by atoms with Crippen LogP contribution in [0.25, 0.3) is 0 Å². The number of benzene rings is 1. The molecule has 1 saturated carbocycles. The highest BCUT2D eigenvalue weighted by Gasteiger charge is 2.37. The molecule has 0 N–H and O–H groups in total. The van der Waals surface area contributed by atoms with Gasteiger partial charge in [0.1, 0.15) is 0 Å². The van der Waals surface area contributed by atoms with Gasteiger partial charge in [-0.15, -0.1) is 0 Å². The predicted molar refractivity (Wildman–Crippen MR) is 124 cm³/mol. The van der Waals surface area contributed by atoms with E-state index in [2.05, 4.69) is 41.0 Å². The molecule has 2 fully saturated rings. The fourth-order valence-corrected chi connectivity index (χ4v) is 5.53. The monoisotopic (exact) mass is 414 g/mol. The first-order valence-electron chi connectivity index (χ1n) is 12.0. The van der Waals surface area contributed by atoms with E-state index in [0.717, 1.165) is 25.6 Å². The first-order valence-corrected chi connectivity index (χ1v) is 12.0. The number of hydrogen-bond donors (Lipinski definition) is 0. The van der Waals surface area contributed by atoms with E-state index in [1.54, 1.807) is 7.11 Å². The molecule has 1 aliphatic carbocycles. The van der Waals surface area contributed by atoms with E-state index in [4.69, 9.17) is 4.74 Å². The zero-order valence-electron chi connectivity index (χ0n) is 19.6. The van der Waals surface area contributed by atoms with Crippen molar-refractivity contribution in [1.82, 2.24) is 9.80 Å². The topological polar surface area (TPSA) is 32.8 Å². The van der Waals surface area contributed by atoms with E-state index >= 15 is 0 Å². The summed E-state index contributed by atoms with van der Waals surface area (Å²) in [5.41, 5.74) is 2.85. The van der Waals surface area contributed by atoms with Crippen LogP contribution in [-0.4, -0.2) is 62.1 Å². The van der Waals surface area contributed by atoms with Crippen molar-refractivity contribution in [2.75, 3.05) is 46.4 Å². The SMILES string of the molecule is COCCN(CC1CN(CC2CCCCC2)CC1c1ccccc1C)C(=O)C(C)C. The number of nitrogens with zero attached hydrogens (tertiary/aromatic N) is 2. The Morgan fingerprint density at radius 2 is 1.90 bits per heavy atom. The van der Waals surface area contributed by atoms with Gasteiger partial charge >= 0.3 is 0 Å². The lowest BCUT2D eigenvalue weighted by Crippen LogP contribution is -2.41. The zero-order chi connectivity index (χ0) is 21.5. The maximum atomic E-state index is 12.9. The summed E-state index contributed by atoms with van der Waals surface area (Å²) < 4.78 is 5.31. The molecule has 1 aromatic rings. The molecule has 168 valence electrons. The molecule has 2 unspecified atom stereocenters. The van der Waals surface area contributed by atoms with Gasteiger partial charge in [-0.25, -0.2) is 0 Å². The molecule has 1 heterocycles. The Hall–Kier alpha value is -1.39. The van der Waals surface area contributed by atoms with Crippen molar-refractivity contribution in [1.29, 1.82) is 0 Å². The second-order valence-corrected chi connectivity index (χ2v) is 9.88. The van der Waals surface area contributed by atoms with Crippen LogP contribution >= 0.6 is 0 Å². The molecule has 0 radical (unpaired) electrons. The van der Waals surface area contributed by atoms with Gasteiger partial charge in [-0.05, 0) is 42.7 Å². The quantitative estimate of drug-likeness (QED) is 0.586. The Bertz CT molecular complexity index is 669. The summed E-state index contributed by atoms with van der Waals surface area (Å²) in [6.45, 7) is 11.8. The van der Waals surface area contributed by atoms with Gasteiger partial charge in [0.25, 0.3) is 0 Å². The van der Waals surface area contributed by atoms with Crippen LogP contribution in [0.4, 0.5) is 0 Å². The van der Waals surface area contributed by atoms with Gasteiger partial charge in [0.2, 0.25) is 5.91 Å². The molecular formula is C26H42N2O2. The third-order valence-electron chi connectivity index (χ3n) is 7.17. The smallest absolute Gasteiger partial charge is 0.225 e. The van der Waals surface area contributed by atoms with Crippen molar-refractivity contribution in [3.63, 3.8) is 0 Å². The van der Waals surface area contributed by atoms with Crippen molar-refractivity contribution in [3.8, 4) is 0 Å². The van der Waals surface area contributed by atoms with Crippen molar-refractivity contribution in [2.45, 2.75) is 58.8 Å². The van der Waals surface area contributed by atoms with Crippen LogP contribution < -0.4 is 0 Å². The van der Waals surface area contributed by atoms with E-state index in [9.17, 15) is 4.79 Å². The molecule has 0 spiro atoms. The molecule has 30 heavy (non-hydrogen) atoms. The lowest BCUT2D eigenvalue weighted by Gasteiger charge is -2.30. The maximum absolute atomic E-state index is 12.9. The van der Waals surface area contributed by atoms with E-state index in [-0.39, 0.29) is 11.8 Å². The molecule has 4 heteroatoms. The summed E-state index contributed by atoms with van der Waals surface area (Å²) in [5.74, 6) is 2.12. The first kappa shape index (κ1) is 23.3. The third-order valence-corrected chi connectivity index (χ3v) is 7.17. The number of aryl methyl sites for hydroxylation is 1. The summed E-state index contributed by atoms with van der Waals surface area (Å²) in [6.07, 6.45) is 6.99. The van der Waals surface area contributed by atoms with E-state index in [1.165, 1.54) is 49.8 Å². The van der Waals surface area contributed by atoms with Crippen molar-refractivity contribution in [2.24, 2.45) is 17.8 Å². The third kappa shape index (κ3) is 6.07. The number of amides is 1. The van der Waals surface area contributed by atoms with Crippen LogP contribution in [0.3, 0.4) is 0 Å². The van der Waals surface area contributed by atoms with Gasteiger partial charge < -0.3 is 14.5 Å². The standard InChI is InChI=1S/C26H42N2O2/c1-20(2)26(29)28(14-15-30-4)18-23-17-27(16-22-11-6-5-7-12-22)19-25(23)24-13-9-8-10-21(24)3/h8-10,13,20,22-23,25H,5-7,11-12,14-19H2,1-4H3. The van der Waals surface area contributed by atoms with Crippen LogP contribution in [0.2, 0.25) is 0 Å². The number of methoxy groups -OCH3 is 1. The Morgan fingerprint density at radius 3 is 2.57 bits per heavy atom. The number of hydrogen-bond acceptors (Lipinski definition) is 3. The highest BCUT2D eigenvalue weighted by Crippen LogP contribution is 2.36. The summed E-state index contributed by atoms with van der Waals surface area (Å²) >= 11 is 0.